The van der Waals surface area contributed by atoms with Gasteiger partial charge in [-0.1, -0.05) is 13.8 Å². The van der Waals surface area contributed by atoms with Crippen molar-refractivity contribution >= 4 is 27.8 Å². The molecular weight excluding hydrogens is 328 g/mol. The zero-order valence-corrected chi connectivity index (χ0v) is 12.9. The minimum absolute atomic E-state index is 0.283. The zero-order valence-electron chi connectivity index (χ0n) is 11.3. The monoisotopic (exact) mass is 344 g/mol. The van der Waals surface area contributed by atoms with Crippen LogP contribution in [0.3, 0.4) is 0 Å². The van der Waals surface area contributed by atoms with Gasteiger partial charge in [0.2, 0.25) is 5.91 Å². The highest BCUT2D eigenvalue weighted by Crippen LogP contribution is 2.13. The molecule has 1 aromatic rings. The third kappa shape index (κ3) is 3.93. The van der Waals surface area contributed by atoms with Crippen molar-refractivity contribution in [3.05, 3.63) is 33.2 Å². The van der Waals surface area contributed by atoms with Gasteiger partial charge in [0.1, 0.15) is 12.1 Å². The van der Waals surface area contributed by atoms with E-state index in [9.17, 15) is 14.4 Å². The Labute approximate surface area is 124 Å². The van der Waals surface area contributed by atoms with Crippen molar-refractivity contribution in [2.45, 2.75) is 38.8 Å². The van der Waals surface area contributed by atoms with Crippen LogP contribution in [0.5, 0.6) is 0 Å². The van der Waals surface area contributed by atoms with E-state index in [-0.39, 0.29) is 12.0 Å². The number of rotatable bonds is 6. The molecule has 0 aliphatic rings. The average molecular weight is 345 g/mol. The molecule has 7 heteroatoms. The molecule has 0 aliphatic carbocycles. The Balaban J connectivity index is 3.01. The summed E-state index contributed by atoms with van der Waals surface area (Å²) in [5, 5.41) is 11.4. The lowest BCUT2D eigenvalue weighted by Crippen LogP contribution is -2.45. The first-order valence-electron chi connectivity index (χ1n) is 6.31. The van der Waals surface area contributed by atoms with Crippen molar-refractivity contribution in [3.63, 3.8) is 0 Å². The lowest BCUT2D eigenvalue weighted by molar-refractivity contribution is -0.142. The van der Waals surface area contributed by atoms with Gasteiger partial charge >= 0.3 is 5.97 Å². The van der Waals surface area contributed by atoms with Gasteiger partial charge in [-0.15, -0.1) is 0 Å². The summed E-state index contributed by atoms with van der Waals surface area (Å²) in [5.74, 6) is -1.56. The summed E-state index contributed by atoms with van der Waals surface area (Å²) < 4.78 is 1.97. The summed E-state index contributed by atoms with van der Waals surface area (Å²) in [6.07, 6.45) is 2.20. The standard InChI is InChI=1S/C13H17BrN2O4/c1-3-9(13(19)20)15-12(18)10(4-2)16-7-8(14)5-6-11(16)17/h5-7,9-10H,3-4H2,1-2H3,(H,15,18)(H,19,20). The average Bonchev–Trinajstić information content (AvgIpc) is 2.40. The molecule has 0 aromatic carbocycles. The second kappa shape index (κ2) is 7.23. The number of carboxylic acid groups (broad SMARTS) is 1. The third-order valence-corrected chi connectivity index (χ3v) is 3.42. The molecule has 2 N–H and O–H groups in total. The zero-order chi connectivity index (χ0) is 15.3. The topological polar surface area (TPSA) is 88.4 Å². The molecule has 20 heavy (non-hydrogen) atoms. The first-order chi connectivity index (χ1) is 9.40. The van der Waals surface area contributed by atoms with Crippen molar-refractivity contribution in [2.24, 2.45) is 0 Å². The number of hydrogen-bond donors (Lipinski definition) is 2. The molecule has 1 rings (SSSR count). The molecule has 0 bridgehead atoms. The molecule has 2 atom stereocenters. The van der Waals surface area contributed by atoms with E-state index in [1.54, 1.807) is 19.9 Å². The summed E-state index contributed by atoms with van der Waals surface area (Å²) in [6.45, 7) is 3.44. The van der Waals surface area contributed by atoms with Gasteiger partial charge in [-0.05, 0) is 34.8 Å². The summed E-state index contributed by atoms with van der Waals surface area (Å²) in [7, 11) is 0. The molecule has 0 saturated heterocycles. The summed E-state index contributed by atoms with van der Waals surface area (Å²) in [4.78, 5) is 34.9. The summed E-state index contributed by atoms with van der Waals surface area (Å²) in [6, 6.07) is 1.28. The van der Waals surface area contributed by atoms with Crippen LogP contribution in [0.15, 0.2) is 27.6 Å². The molecule has 0 aliphatic heterocycles. The fraction of sp³-hybridized carbons (Fsp3) is 0.462. The minimum Gasteiger partial charge on any atom is -0.480 e. The fourth-order valence-electron chi connectivity index (χ4n) is 1.83. The van der Waals surface area contributed by atoms with E-state index < -0.39 is 24.0 Å². The molecule has 1 aromatic heterocycles. The molecule has 1 amide bonds. The highest BCUT2D eigenvalue weighted by atomic mass is 79.9. The smallest absolute Gasteiger partial charge is 0.326 e. The van der Waals surface area contributed by atoms with E-state index >= 15 is 0 Å². The Hall–Kier alpha value is -1.63. The van der Waals surface area contributed by atoms with Crippen LogP contribution in [-0.4, -0.2) is 27.6 Å². The van der Waals surface area contributed by atoms with Crippen molar-refractivity contribution < 1.29 is 14.7 Å². The molecule has 2 unspecified atom stereocenters. The minimum atomic E-state index is -1.09. The summed E-state index contributed by atoms with van der Waals surface area (Å²) in [5.41, 5.74) is -0.307. The van der Waals surface area contributed by atoms with Crippen molar-refractivity contribution in [1.29, 1.82) is 0 Å². The molecule has 110 valence electrons. The highest BCUT2D eigenvalue weighted by molar-refractivity contribution is 9.10. The third-order valence-electron chi connectivity index (χ3n) is 2.95. The normalized spacial score (nSPS) is 13.6. The van der Waals surface area contributed by atoms with Crippen LogP contribution in [0.4, 0.5) is 0 Å². The second-order valence-corrected chi connectivity index (χ2v) is 5.24. The second-order valence-electron chi connectivity index (χ2n) is 4.32. The van der Waals surface area contributed by atoms with E-state index in [0.717, 1.165) is 0 Å². The molecule has 1 heterocycles. The quantitative estimate of drug-likeness (QED) is 0.819. The van der Waals surface area contributed by atoms with E-state index in [0.29, 0.717) is 10.9 Å². The maximum Gasteiger partial charge on any atom is 0.326 e. The van der Waals surface area contributed by atoms with Crippen LogP contribution >= 0.6 is 15.9 Å². The predicted molar refractivity (Wildman–Crippen MR) is 77.6 cm³/mol. The number of carboxylic acids is 1. The van der Waals surface area contributed by atoms with E-state index in [2.05, 4.69) is 21.2 Å². The number of halogens is 1. The molecule has 0 spiro atoms. The maximum absolute atomic E-state index is 12.2. The van der Waals surface area contributed by atoms with Crippen LogP contribution in [0, 0.1) is 0 Å². The number of carbonyl (C=O) groups excluding carboxylic acids is 1. The molecule has 0 fully saturated rings. The van der Waals surface area contributed by atoms with E-state index in [4.69, 9.17) is 5.11 Å². The molecule has 0 saturated carbocycles. The Morgan fingerprint density at radius 2 is 2.00 bits per heavy atom. The number of pyridine rings is 1. The molecular formula is C13H17BrN2O4. The Morgan fingerprint density at radius 3 is 2.50 bits per heavy atom. The predicted octanol–water partition coefficient (Wildman–Crippen LogP) is 1.54. The van der Waals surface area contributed by atoms with Gasteiger partial charge in [-0.25, -0.2) is 4.79 Å². The lowest BCUT2D eigenvalue weighted by Gasteiger charge is -2.20. The lowest BCUT2D eigenvalue weighted by atomic mass is 10.1. The number of aromatic nitrogens is 1. The Bertz CT molecular complexity index is 556. The van der Waals surface area contributed by atoms with Gasteiger partial charge < -0.3 is 15.0 Å². The van der Waals surface area contributed by atoms with Crippen molar-refractivity contribution in [3.8, 4) is 0 Å². The number of nitrogens with one attached hydrogen (secondary N) is 1. The summed E-state index contributed by atoms with van der Waals surface area (Å²) >= 11 is 3.25. The highest BCUT2D eigenvalue weighted by Gasteiger charge is 2.24. The Morgan fingerprint density at radius 1 is 1.35 bits per heavy atom. The fourth-order valence-corrected chi connectivity index (χ4v) is 2.19. The van der Waals surface area contributed by atoms with E-state index in [1.165, 1.54) is 16.8 Å². The van der Waals surface area contributed by atoms with Gasteiger partial charge in [-0.3, -0.25) is 9.59 Å². The molecule has 0 radical (unpaired) electrons. The van der Waals surface area contributed by atoms with Gasteiger partial charge in [0, 0.05) is 16.7 Å². The van der Waals surface area contributed by atoms with E-state index in [1.807, 2.05) is 0 Å². The number of hydrogen-bond acceptors (Lipinski definition) is 3. The van der Waals surface area contributed by atoms with Gasteiger partial charge in [0.15, 0.2) is 0 Å². The SMILES string of the molecule is CCC(NC(=O)C(CC)n1cc(Br)ccc1=O)C(=O)O. The first kappa shape index (κ1) is 16.4. The van der Waals surface area contributed by atoms with Crippen LogP contribution in [0.2, 0.25) is 0 Å². The van der Waals surface area contributed by atoms with Gasteiger partial charge in [-0.2, -0.15) is 0 Å². The van der Waals surface area contributed by atoms with Crippen LogP contribution in [0.1, 0.15) is 32.7 Å². The van der Waals surface area contributed by atoms with Crippen LogP contribution in [0.25, 0.3) is 0 Å². The molecule has 6 nitrogen and oxygen atoms in total. The number of aliphatic carboxylic acids is 1. The van der Waals surface area contributed by atoms with Gasteiger partial charge in [0.25, 0.3) is 5.56 Å². The first-order valence-corrected chi connectivity index (χ1v) is 7.10. The van der Waals surface area contributed by atoms with Crippen molar-refractivity contribution in [1.82, 2.24) is 9.88 Å². The van der Waals surface area contributed by atoms with Gasteiger partial charge in [0.05, 0.1) is 0 Å². The number of amides is 1. The largest absolute Gasteiger partial charge is 0.480 e. The number of nitrogens with zero attached hydrogens (tertiary/aromatic N) is 1. The van der Waals surface area contributed by atoms with Crippen LogP contribution in [-0.2, 0) is 9.59 Å². The van der Waals surface area contributed by atoms with Crippen molar-refractivity contribution in [2.75, 3.05) is 0 Å². The number of carbonyl (C=O) groups is 2. The maximum atomic E-state index is 12.2. The Kier molecular flexibility index (Phi) is 5.94. The van der Waals surface area contributed by atoms with Crippen LogP contribution < -0.4 is 10.9 Å².